The van der Waals surface area contributed by atoms with E-state index in [0.29, 0.717) is 81.6 Å². The summed E-state index contributed by atoms with van der Waals surface area (Å²) in [4.78, 5) is 79.5. The lowest BCUT2D eigenvalue weighted by Crippen LogP contribution is -2.58. The van der Waals surface area contributed by atoms with E-state index in [2.05, 4.69) is 30.7 Å². The number of rotatable bonds is 24. The molecule has 0 bridgehead atoms. The number of benzene rings is 6. The molecular formula is C54H57N15O12. The van der Waals surface area contributed by atoms with Gasteiger partial charge in [0, 0.05) is 94.2 Å². The zero-order valence-electron chi connectivity index (χ0n) is 44.8. The normalized spacial score (nSPS) is 12.7. The number of nitrogens with zero attached hydrogens (tertiary/aromatic N) is 15. The summed E-state index contributed by atoms with van der Waals surface area (Å²) in [5.41, 5.74) is 2.72. The summed E-state index contributed by atoms with van der Waals surface area (Å²) in [5.74, 6) is 0. The lowest BCUT2D eigenvalue weighted by Gasteiger charge is -2.26. The second-order valence-electron chi connectivity index (χ2n) is 19.1. The van der Waals surface area contributed by atoms with E-state index < -0.39 is 69.8 Å². The Morgan fingerprint density at radius 3 is 0.852 bits per heavy atom. The molecule has 3 N–H and O–H groups in total. The van der Waals surface area contributed by atoms with Crippen LogP contribution in [-0.4, -0.2) is 103 Å². The van der Waals surface area contributed by atoms with Gasteiger partial charge in [-0.25, -0.2) is 28.1 Å². The molecule has 0 spiro atoms. The molecule has 7 rings (SSSR count). The molecule has 1 aromatic heterocycles. The molecule has 0 saturated carbocycles. The predicted octanol–water partition coefficient (Wildman–Crippen LogP) is 8.56. The highest BCUT2D eigenvalue weighted by Gasteiger charge is 2.24. The summed E-state index contributed by atoms with van der Waals surface area (Å²) in [7, 11) is 5.01. The molecule has 1 heterocycles. The number of hydrogen-bond acceptors (Lipinski definition) is 21. The number of aryl methyl sites for hydroxylation is 3. The number of aliphatic hydroxyl groups excluding tert-OH is 3. The van der Waals surface area contributed by atoms with E-state index in [1.54, 1.807) is 129 Å². The molecule has 0 aliphatic heterocycles. The summed E-state index contributed by atoms with van der Waals surface area (Å²) >= 11 is 0. The van der Waals surface area contributed by atoms with Crippen molar-refractivity contribution in [3.63, 3.8) is 0 Å². The highest BCUT2D eigenvalue weighted by molar-refractivity contribution is 5.57. The summed E-state index contributed by atoms with van der Waals surface area (Å²) in [6.07, 6.45) is -4.13. The van der Waals surface area contributed by atoms with Crippen LogP contribution in [0.15, 0.2) is 172 Å². The first-order valence-electron chi connectivity index (χ1n) is 25.0. The van der Waals surface area contributed by atoms with Crippen molar-refractivity contribution in [3.05, 3.63) is 206 Å². The zero-order valence-corrected chi connectivity index (χ0v) is 44.8. The third kappa shape index (κ3) is 15.2. The first-order valence-corrected chi connectivity index (χ1v) is 25.0. The molecule has 27 nitrogen and oxygen atoms in total. The van der Waals surface area contributed by atoms with E-state index in [0.717, 1.165) is 0 Å². The molecule has 7 aromatic rings. The van der Waals surface area contributed by atoms with Gasteiger partial charge in [0.25, 0.3) is 17.1 Å². The van der Waals surface area contributed by atoms with Gasteiger partial charge < -0.3 is 30.0 Å². The molecule has 27 heteroatoms. The first kappa shape index (κ1) is 58.7. The summed E-state index contributed by atoms with van der Waals surface area (Å²) in [5, 5.41) is 93.0. The highest BCUT2D eigenvalue weighted by Crippen LogP contribution is 2.30. The Kier molecular flexibility index (Phi) is 18.9. The van der Waals surface area contributed by atoms with Crippen LogP contribution < -0.4 is 31.8 Å². The van der Waals surface area contributed by atoms with E-state index in [4.69, 9.17) is 0 Å². The molecule has 3 unspecified atom stereocenters. The van der Waals surface area contributed by atoms with Crippen molar-refractivity contribution < 1.29 is 30.1 Å². The van der Waals surface area contributed by atoms with Crippen molar-refractivity contribution >= 4 is 68.2 Å². The van der Waals surface area contributed by atoms with E-state index >= 15 is 0 Å². The molecule has 81 heavy (non-hydrogen) atoms. The Balaban J connectivity index is 1.07. The maximum Gasteiger partial charge on any atom is 0.336 e. The third-order valence-electron chi connectivity index (χ3n) is 12.9. The SMILES string of the molecule is Cc1cc([N+](=O)[O-])ccc1N=Nc1ccc(N(C)CC(O)Cn2c(=O)n(CC(O)CN(C)c3ccc(N=Nc4ccc([N+](=O)[O-])cc4C)cc3)c(=O)n(CC(O)CN(C)c3ccc(N=Nc4ccc([N+](=O)[O-])cc4C)cc3)c2=O)cc1. The van der Waals surface area contributed by atoms with Crippen molar-refractivity contribution in [1.82, 2.24) is 13.7 Å². The van der Waals surface area contributed by atoms with E-state index in [1.165, 1.54) is 54.6 Å². The highest BCUT2D eigenvalue weighted by atomic mass is 16.6. The Hall–Kier alpha value is -9.99. The molecule has 6 aromatic carbocycles. The molecule has 0 fully saturated rings. The fourth-order valence-corrected chi connectivity index (χ4v) is 8.47. The van der Waals surface area contributed by atoms with Gasteiger partial charge in [-0.2, -0.15) is 30.7 Å². The number of hydrogen-bond donors (Lipinski definition) is 3. The maximum absolute atomic E-state index is 14.2. The Morgan fingerprint density at radius 1 is 0.407 bits per heavy atom. The second-order valence-corrected chi connectivity index (χ2v) is 19.1. The van der Waals surface area contributed by atoms with Gasteiger partial charge in [0.05, 0.1) is 86.8 Å². The molecule has 0 radical (unpaired) electrons. The van der Waals surface area contributed by atoms with Crippen molar-refractivity contribution in [3.8, 4) is 0 Å². The van der Waals surface area contributed by atoms with Crippen molar-refractivity contribution in [1.29, 1.82) is 0 Å². The van der Waals surface area contributed by atoms with E-state index in [9.17, 15) is 60.0 Å². The number of anilines is 3. The lowest BCUT2D eigenvalue weighted by molar-refractivity contribution is -0.385. The zero-order chi connectivity index (χ0) is 58.7. The van der Waals surface area contributed by atoms with Crippen LogP contribution in [0.2, 0.25) is 0 Å². The average Bonchev–Trinajstić information content (AvgIpc) is 3.45. The summed E-state index contributed by atoms with van der Waals surface area (Å²) < 4.78 is 2.06. The van der Waals surface area contributed by atoms with Gasteiger partial charge in [-0.1, -0.05) is 0 Å². The molecule has 420 valence electrons. The lowest BCUT2D eigenvalue weighted by atomic mass is 10.2. The number of likely N-dealkylation sites (N-methyl/N-ethyl adjacent to an activating group) is 3. The van der Waals surface area contributed by atoms with Gasteiger partial charge in [-0.05, 0) is 128 Å². The topological polar surface area (TPSA) is 340 Å². The second kappa shape index (κ2) is 26.1. The van der Waals surface area contributed by atoms with Gasteiger partial charge in [-0.15, -0.1) is 0 Å². The van der Waals surface area contributed by atoms with Crippen LogP contribution >= 0.6 is 0 Å². The minimum Gasteiger partial charge on any atom is -0.389 e. The Bertz CT molecular complexity index is 3300. The number of nitro groups is 3. The largest absolute Gasteiger partial charge is 0.389 e. The van der Waals surface area contributed by atoms with Crippen LogP contribution in [0, 0.1) is 51.1 Å². The summed E-state index contributed by atoms with van der Waals surface area (Å²) in [6, 6.07) is 32.9. The number of aromatic nitrogens is 3. The monoisotopic (exact) mass is 1110 g/mol. The van der Waals surface area contributed by atoms with E-state index in [-0.39, 0.29) is 36.7 Å². The minimum atomic E-state index is -1.38. The number of nitro benzene ring substituents is 3. The van der Waals surface area contributed by atoms with Crippen molar-refractivity contribution in [2.24, 2.45) is 30.7 Å². The van der Waals surface area contributed by atoms with Crippen molar-refractivity contribution in [2.45, 2.75) is 58.7 Å². The fourth-order valence-electron chi connectivity index (χ4n) is 8.47. The maximum atomic E-state index is 14.2. The quantitative estimate of drug-likeness (QED) is 0.0290. The van der Waals surface area contributed by atoms with Crippen LogP contribution in [0.3, 0.4) is 0 Å². The number of azo groups is 3. The fraction of sp³-hybridized carbons (Fsp3) is 0.278. The van der Waals surface area contributed by atoms with Gasteiger partial charge in [0.15, 0.2) is 0 Å². The molecule has 0 amide bonds. The minimum absolute atomic E-state index is 0.0706. The molecule has 3 atom stereocenters. The molecule has 0 saturated heterocycles. The Labute approximate surface area is 461 Å². The van der Waals surface area contributed by atoms with Gasteiger partial charge in [-0.3, -0.25) is 30.3 Å². The number of aliphatic hydroxyl groups is 3. The van der Waals surface area contributed by atoms with Crippen LogP contribution in [0.1, 0.15) is 16.7 Å². The standard InChI is InChI=1S/C54H57N15O12/c1-34-25-43(67(76)77)19-22-49(34)58-55-37-7-13-40(14-8-37)61(4)28-46(70)31-64-52(73)65(32-47(71)29-62(5)41-15-9-38(10-16-41)56-59-50-23-20-44(68(78)79)26-35(50)2)54(75)66(53(64)74)33-48(72)30-63(6)42-17-11-39(12-18-42)57-60-51-24-21-45(69(80)81)27-36(51)3/h7-27,46-48,70-72H,28-33H2,1-6H3. The first-order chi connectivity index (χ1) is 38.5. The smallest absolute Gasteiger partial charge is 0.336 e. The Morgan fingerprint density at radius 2 is 0.642 bits per heavy atom. The van der Waals surface area contributed by atoms with Crippen LogP contribution in [0.5, 0.6) is 0 Å². The predicted molar refractivity (Wildman–Crippen MR) is 302 cm³/mol. The third-order valence-corrected chi connectivity index (χ3v) is 12.9. The average molecular weight is 1110 g/mol. The van der Waals surface area contributed by atoms with Gasteiger partial charge in [0.2, 0.25) is 0 Å². The number of non-ortho nitro benzene ring substituents is 3. The molecular weight excluding hydrogens is 1050 g/mol. The molecule has 0 aliphatic rings. The van der Waals surface area contributed by atoms with Gasteiger partial charge >= 0.3 is 17.1 Å². The molecule has 0 aliphatic carbocycles. The van der Waals surface area contributed by atoms with Crippen molar-refractivity contribution in [2.75, 3.05) is 55.5 Å². The van der Waals surface area contributed by atoms with Gasteiger partial charge in [0.1, 0.15) is 0 Å². The van der Waals surface area contributed by atoms with Crippen LogP contribution in [0.25, 0.3) is 0 Å². The summed E-state index contributed by atoms with van der Waals surface area (Å²) in [6.45, 7) is 2.95. The van der Waals surface area contributed by atoms with Crippen LogP contribution in [0.4, 0.5) is 68.2 Å². The van der Waals surface area contributed by atoms with E-state index in [1.807, 2.05) is 0 Å². The van der Waals surface area contributed by atoms with Crippen LogP contribution in [-0.2, 0) is 19.6 Å².